The number of aryl methyl sites for hydroxylation is 1. The van der Waals surface area contributed by atoms with Gasteiger partial charge in [-0.3, -0.25) is 4.79 Å². The Hall–Kier alpha value is -2.89. The molecule has 3 rings (SSSR count). The maximum atomic E-state index is 12.6. The topological polar surface area (TPSA) is 34.9 Å². The molecule has 25 heavy (non-hydrogen) atoms. The molecule has 0 bridgehead atoms. The largest absolute Gasteiger partial charge is 0.416 e. The van der Waals surface area contributed by atoms with E-state index in [1.807, 2.05) is 31.2 Å². The smallest absolute Gasteiger partial charge is 0.268 e. The fraction of sp³-hybridized carbons (Fsp3) is 0.158. The van der Waals surface area contributed by atoms with Gasteiger partial charge in [-0.15, -0.1) is 0 Å². The Labute approximate surface area is 142 Å². The van der Waals surface area contributed by atoms with Gasteiger partial charge in [0.05, 0.1) is 17.8 Å². The molecule has 3 nitrogen and oxygen atoms in total. The van der Waals surface area contributed by atoms with Crippen molar-refractivity contribution in [1.29, 1.82) is 0 Å². The summed E-state index contributed by atoms with van der Waals surface area (Å²) in [5.41, 5.74) is 2.16. The average molecular weight is 344 g/mol. The van der Waals surface area contributed by atoms with Gasteiger partial charge in [-0.1, -0.05) is 42.0 Å². The minimum absolute atomic E-state index is 0.108. The lowest BCUT2D eigenvalue weighted by Gasteiger charge is -2.10. The molecule has 0 N–H and O–H groups in total. The molecular formula is C19H15F3N2O. The van der Waals surface area contributed by atoms with Crippen LogP contribution in [0, 0.1) is 6.92 Å². The highest BCUT2D eigenvalue weighted by molar-refractivity contribution is 5.58. The van der Waals surface area contributed by atoms with Gasteiger partial charge < -0.3 is 0 Å². The van der Waals surface area contributed by atoms with Gasteiger partial charge in [-0.2, -0.15) is 18.3 Å². The molecule has 3 aromatic rings. The SMILES string of the molecule is Cc1ccc(-c2ccc(=O)n(Cc3ccc(C(F)(F)F)cc3)n2)cc1. The third-order valence-electron chi connectivity index (χ3n) is 3.83. The van der Waals surface area contributed by atoms with Gasteiger partial charge in [0.2, 0.25) is 0 Å². The fourth-order valence-electron chi connectivity index (χ4n) is 2.41. The van der Waals surface area contributed by atoms with Crippen molar-refractivity contribution >= 4 is 0 Å². The standard InChI is InChI=1S/C19H15F3N2O/c1-13-2-6-15(7-3-13)17-10-11-18(25)24(23-17)12-14-4-8-16(9-5-14)19(20,21)22/h2-11H,12H2,1H3. The summed E-state index contributed by atoms with van der Waals surface area (Å²) >= 11 is 0. The van der Waals surface area contributed by atoms with Gasteiger partial charge in [-0.25, -0.2) is 4.68 Å². The Morgan fingerprint density at radius 3 is 2.16 bits per heavy atom. The van der Waals surface area contributed by atoms with Crippen molar-refractivity contribution in [2.24, 2.45) is 0 Å². The van der Waals surface area contributed by atoms with Crippen LogP contribution in [0.3, 0.4) is 0 Å². The molecule has 0 aliphatic rings. The number of aromatic nitrogens is 2. The molecule has 0 atom stereocenters. The van der Waals surface area contributed by atoms with E-state index < -0.39 is 11.7 Å². The van der Waals surface area contributed by atoms with Crippen LogP contribution in [-0.2, 0) is 12.7 Å². The van der Waals surface area contributed by atoms with E-state index in [0.29, 0.717) is 11.3 Å². The lowest BCUT2D eigenvalue weighted by molar-refractivity contribution is -0.137. The third kappa shape index (κ3) is 3.96. The molecule has 0 saturated heterocycles. The maximum absolute atomic E-state index is 12.6. The van der Waals surface area contributed by atoms with Crippen LogP contribution in [0.4, 0.5) is 13.2 Å². The van der Waals surface area contributed by atoms with E-state index in [0.717, 1.165) is 23.3 Å². The first-order valence-corrected chi connectivity index (χ1v) is 7.64. The van der Waals surface area contributed by atoms with Crippen molar-refractivity contribution in [3.05, 3.63) is 87.7 Å². The molecule has 0 spiro atoms. The summed E-state index contributed by atoms with van der Waals surface area (Å²) in [5, 5.41) is 4.32. The van der Waals surface area contributed by atoms with Crippen molar-refractivity contribution in [3.8, 4) is 11.3 Å². The third-order valence-corrected chi connectivity index (χ3v) is 3.83. The van der Waals surface area contributed by atoms with Crippen LogP contribution in [-0.4, -0.2) is 9.78 Å². The molecule has 0 amide bonds. The first kappa shape index (κ1) is 17.0. The van der Waals surface area contributed by atoms with Crippen molar-refractivity contribution in [3.63, 3.8) is 0 Å². The number of benzene rings is 2. The molecule has 2 aromatic carbocycles. The van der Waals surface area contributed by atoms with Crippen LogP contribution < -0.4 is 5.56 Å². The molecule has 6 heteroatoms. The van der Waals surface area contributed by atoms with Crippen molar-refractivity contribution in [2.45, 2.75) is 19.6 Å². The number of hydrogen-bond donors (Lipinski definition) is 0. The van der Waals surface area contributed by atoms with Crippen LogP contribution in [0.25, 0.3) is 11.3 Å². The van der Waals surface area contributed by atoms with Crippen LogP contribution in [0.15, 0.2) is 65.5 Å². The Morgan fingerprint density at radius 1 is 0.920 bits per heavy atom. The van der Waals surface area contributed by atoms with Gasteiger partial charge in [0.25, 0.3) is 5.56 Å². The quantitative estimate of drug-likeness (QED) is 0.711. The number of hydrogen-bond acceptors (Lipinski definition) is 2. The van der Waals surface area contributed by atoms with E-state index in [-0.39, 0.29) is 12.1 Å². The molecule has 0 saturated carbocycles. The predicted molar refractivity (Wildman–Crippen MR) is 89.2 cm³/mol. The van der Waals surface area contributed by atoms with E-state index in [1.165, 1.54) is 22.9 Å². The zero-order chi connectivity index (χ0) is 18.0. The second kappa shape index (κ2) is 6.55. The maximum Gasteiger partial charge on any atom is 0.416 e. The summed E-state index contributed by atoms with van der Waals surface area (Å²) < 4.78 is 39.1. The van der Waals surface area contributed by atoms with Crippen LogP contribution >= 0.6 is 0 Å². The zero-order valence-corrected chi connectivity index (χ0v) is 13.4. The molecule has 0 fully saturated rings. The fourth-order valence-corrected chi connectivity index (χ4v) is 2.41. The van der Waals surface area contributed by atoms with Gasteiger partial charge in [-0.05, 0) is 30.7 Å². The number of alkyl halides is 3. The average Bonchev–Trinajstić information content (AvgIpc) is 2.57. The van der Waals surface area contributed by atoms with Gasteiger partial charge in [0.15, 0.2) is 0 Å². The highest BCUT2D eigenvalue weighted by Gasteiger charge is 2.29. The minimum Gasteiger partial charge on any atom is -0.268 e. The van der Waals surface area contributed by atoms with E-state index >= 15 is 0 Å². The van der Waals surface area contributed by atoms with E-state index in [2.05, 4.69) is 5.10 Å². The van der Waals surface area contributed by atoms with Crippen LogP contribution in [0.5, 0.6) is 0 Å². The van der Waals surface area contributed by atoms with Gasteiger partial charge >= 0.3 is 6.18 Å². The number of nitrogens with zero attached hydrogens (tertiary/aromatic N) is 2. The minimum atomic E-state index is -4.38. The first-order chi connectivity index (χ1) is 11.8. The second-order valence-electron chi connectivity index (χ2n) is 5.78. The summed E-state index contributed by atoms with van der Waals surface area (Å²) in [6.45, 7) is 2.08. The van der Waals surface area contributed by atoms with Crippen LogP contribution in [0.1, 0.15) is 16.7 Å². The summed E-state index contributed by atoms with van der Waals surface area (Å²) in [6.07, 6.45) is -4.38. The van der Waals surface area contributed by atoms with E-state index in [1.54, 1.807) is 6.07 Å². The number of rotatable bonds is 3. The molecule has 0 radical (unpaired) electrons. The van der Waals surface area contributed by atoms with Gasteiger partial charge in [0.1, 0.15) is 0 Å². The monoisotopic (exact) mass is 344 g/mol. The Balaban J connectivity index is 1.88. The Kier molecular flexibility index (Phi) is 4.44. The van der Waals surface area contributed by atoms with Crippen LogP contribution in [0.2, 0.25) is 0 Å². The molecular weight excluding hydrogens is 329 g/mol. The molecule has 0 aliphatic heterocycles. The summed E-state index contributed by atoms with van der Waals surface area (Å²) in [6, 6.07) is 15.5. The normalized spacial score (nSPS) is 11.5. The molecule has 0 aliphatic carbocycles. The summed E-state index contributed by atoms with van der Waals surface area (Å²) in [4.78, 5) is 12.0. The van der Waals surface area contributed by atoms with Crippen molar-refractivity contribution in [1.82, 2.24) is 9.78 Å². The molecule has 1 heterocycles. The molecule has 0 unspecified atom stereocenters. The number of halogens is 3. The first-order valence-electron chi connectivity index (χ1n) is 7.64. The Bertz CT molecular complexity index is 927. The second-order valence-corrected chi connectivity index (χ2v) is 5.78. The highest BCUT2D eigenvalue weighted by Crippen LogP contribution is 2.29. The highest BCUT2D eigenvalue weighted by atomic mass is 19.4. The predicted octanol–water partition coefficient (Wildman–Crippen LogP) is 4.29. The zero-order valence-electron chi connectivity index (χ0n) is 13.4. The van der Waals surface area contributed by atoms with E-state index in [9.17, 15) is 18.0 Å². The summed E-state index contributed by atoms with van der Waals surface area (Å²) in [7, 11) is 0. The molecule has 1 aromatic heterocycles. The van der Waals surface area contributed by atoms with Crippen molar-refractivity contribution < 1.29 is 13.2 Å². The molecule has 128 valence electrons. The summed E-state index contributed by atoms with van der Waals surface area (Å²) in [5.74, 6) is 0. The lowest BCUT2D eigenvalue weighted by atomic mass is 10.1. The van der Waals surface area contributed by atoms with Crippen molar-refractivity contribution in [2.75, 3.05) is 0 Å². The lowest BCUT2D eigenvalue weighted by Crippen LogP contribution is -2.22. The van der Waals surface area contributed by atoms with E-state index in [4.69, 9.17) is 0 Å². The van der Waals surface area contributed by atoms with Gasteiger partial charge in [0, 0.05) is 11.6 Å². The Morgan fingerprint density at radius 2 is 1.56 bits per heavy atom.